The van der Waals surface area contributed by atoms with Crippen LogP contribution in [0.3, 0.4) is 0 Å². The van der Waals surface area contributed by atoms with E-state index < -0.39 is 0 Å². The number of hydrogen-bond acceptors (Lipinski definition) is 1. The average Bonchev–Trinajstić information content (AvgIpc) is 2.04. The molecule has 0 aliphatic carbocycles. The predicted molar refractivity (Wildman–Crippen MR) is 48.7 cm³/mol. The Labute approximate surface area is 72.2 Å². The summed E-state index contributed by atoms with van der Waals surface area (Å²) in [5, 5.41) is 0.766. The minimum Gasteiger partial charge on any atom is -0.324 e. The van der Waals surface area contributed by atoms with Crippen molar-refractivity contribution in [2.24, 2.45) is 5.73 Å². The summed E-state index contributed by atoms with van der Waals surface area (Å²) in [7, 11) is 0. The van der Waals surface area contributed by atoms with Gasteiger partial charge in [0, 0.05) is 11.1 Å². The molecule has 0 aliphatic heterocycles. The van der Waals surface area contributed by atoms with Gasteiger partial charge in [-0.3, -0.25) is 0 Å². The van der Waals surface area contributed by atoms with E-state index in [0.29, 0.717) is 0 Å². The van der Waals surface area contributed by atoms with Crippen LogP contribution in [0.4, 0.5) is 0 Å². The van der Waals surface area contributed by atoms with Gasteiger partial charge >= 0.3 is 0 Å². The Bertz CT molecular complexity index is 235. The molecule has 1 aromatic carbocycles. The van der Waals surface area contributed by atoms with Crippen LogP contribution in [0, 0.1) is 0 Å². The third kappa shape index (κ3) is 1.95. The van der Waals surface area contributed by atoms with Crippen molar-refractivity contribution in [3.63, 3.8) is 0 Å². The highest BCUT2D eigenvalue weighted by Crippen LogP contribution is 2.22. The van der Waals surface area contributed by atoms with Crippen molar-refractivity contribution < 1.29 is 0 Å². The fourth-order valence-electron chi connectivity index (χ4n) is 0.996. The first-order valence-electron chi connectivity index (χ1n) is 3.75. The van der Waals surface area contributed by atoms with Crippen molar-refractivity contribution in [3.05, 3.63) is 34.9 Å². The SMILES string of the molecule is CCC(N)c1ccccc1Cl. The maximum absolute atomic E-state index is 5.92. The van der Waals surface area contributed by atoms with Crippen molar-refractivity contribution in [1.82, 2.24) is 0 Å². The largest absolute Gasteiger partial charge is 0.324 e. The summed E-state index contributed by atoms with van der Waals surface area (Å²) >= 11 is 5.92. The number of rotatable bonds is 2. The molecule has 2 heteroatoms. The monoisotopic (exact) mass is 169 g/mol. The van der Waals surface area contributed by atoms with Gasteiger partial charge in [-0.05, 0) is 18.1 Å². The van der Waals surface area contributed by atoms with Crippen LogP contribution in [0.2, 0.25) is 5.02 Å². The second-order valence-corrected chi connectivity index (χ2v) is 2.94. The fraction of sp³-hybridized carbons (Fsp3) is 0.333. The first-order valence-corrected chi connectivity index (χ1v) is 4.13. The highest BCUT2D eigenvalue weighted by Gasteiger charge is 2.05. The van der Waals surface area contributed by atoms with Crippen molar-refractivity contribution in [2.45, 2.75) is 19.4 Å². The van der Waals surface area contributed by atoms with Crippen LogP contribution < -0.4 is 5.73 Å². The Balaban J connectivity index is 2.93. The van der Waals surface area contributed by atoms with E-state index in [-0.39, 0.29) is 6.04 Å². The lowest BCUT2D eigenvalue weighted by Crippen LogP contribution is -2.08. The van der Waals surface area contributed by atoms with Gasteiger partial charge in [-0.1, -0.05) is 36.7 Å². The lowest BCUT2D eigenvalue weighted by atomic mass is 10.1. The molecule has 60 valence electrons. The Morgan fingerprint density at radius 1 is 1.45 bits per heavy atom. The number of halogens is 1. The zero-order chi connectivity index (χ0) is 8.27. The molecule has 11 heavy (non-hydrogen) atoms. The molecule has 0 aliphatic rings. The van der Waals surface area contributed by atoms with Gasteiger partial charge in [0.15, 0.2) is 0 Å². The van der Waals surface area contributed by atoms with Gasteiger partial charge in [0.2, 0.25) is 0 Å². The molecule has 0 heterocycles. The summed E-state index contributed by atoms with van der Waals surface area (Å²) in [5.41, 5.74) is 6.85. The zero-order valence-electron chi connectivity index (χ0n) is 6.55. The summed E-state index contributed by atoms with van der Waals surface area (Å²) in [5.74, 6) is 0. The van der Waals surface area contributed by atoms with Crippen molar-refractivity contribution in [2.75, 3.05) is 0 Å². The predicted octanol–water partition coefficient (Wildman–Crippen LogP) is 2.75. The van der Waals surface area contributed by atoms with Crippen molar-refractivity contribution >= 4 is 11.6 Å². The Kier molecular flexibility index (Phi) is 2.92. The van der Waals surface area contributed by atoms with Gasteiger partial charge in [0.25, 0.3) is 0 Å². The first-order chi connectivity index (χ1) is 5.25. The Morgan fingerprint density at radius 3 is 2.64 bits per heavy atom. The van der Waals surface area contributed by atoms with E-state index in [0.717, 1.165) is 17.0 Å². The molecule has 0 saturated carbocycles. The molecule has 0 spiro atoms. The quantitative estimate of drug-likeness (QED) is 0.724. The second-order valence-electron chi connectivity index (χ2n) is 2.54. The molecule has 1 aromatic rings. The molecular weight excluding hydrogens is 158 g/mol. The minimum atomic E-state index is 0.0729. The van der Waals surface area contributed by atoms with Gasteiger partial charge in [0.05, 0.1) is 0 Å². The second kappa shape index (κ2) is 3.74. The van der Waals surface area contributed by atoms with Crippen molar-refractivity contribution in [1.29, 1.82) is 0 Å². The maximum Gasteiger partial charge on any atom is 0.0453 e. The third-order valence-electron chi connectivity index (χ3n) is 1.74. The van der Waals surface area contributed by atoms with Crippen LogP contribution in [-0.2, 0) is 0 Å². The Morgan fingerprint density at radius 2 is 2.09 bits per heavy atom. The summed E-state index contributed by atoms with van der Waals surface area (Å²) in [4.78, 5) is 0. The topological polar surface area (TPSA) is 26.0 Å². The lowest BCUT2D eigenvalue weighted by Gasteiger charge is -2.09. The van der Waals surface area contributed by atoms with Crippen LogP contribution >= 0.6 is 11.6 Å². The van der Waals surface area contributed by atoms with Gasteiger partial charge in [-0.25, -0.2) is 0 Å². The van der Waals surface area contributed by atoms with E-state index in [1.54, 1.807) is 0 Å². The van der Waals surface area contributed by atoms with Gasteiger partial charge in [-0.2, -0.15) is 0 Å². The van der Waals surface area contributed by atoms with E-state index in [1.807, 2.05) is 31.2 Å². The highest BCUT2D eigenvalue weighted by molar-refractivity contribution is 6.31. The molecule has 1 atom stereocenters. The van der Waals surface area contributed by atoms with E-state index in [2.05, 4.69) is 0 Å². The summed E-state index contributed by atoms with van der Waals surface area (Å²) < 4.78 is 0. The Hall–Kier alpha value is -0.530. The number of hydrogen-bond donors (Lipinski definition) is 1. The smallest absolute Gasteiger partial charge is 0.0453 e. The molecule has 1 unspecified atom stereocenters. The third-order valence-corrected chi connectivity index (χ3v) is 2.09. The van der Waals surface area contributed by atoms with Crippen LogP contribution in [-0.4, -0.2) is 0 Å². The molecule has 0 saturated heterocycles. The van der Waals surface area contributed by atoms with Crippen LogP contribution in [0.5, 0.6) is 0 Å². The number of benzene rings is 1. The van der Waals surface area contributed by atoms with Crippen LogP contribution in [0.1, 0.15) is 24.9 Å². The molecule has 0 amide bonds. The number of nitrogens with two attached hydrogens (primary N) is 1. The van der Waals surface area contributed by atoms with E-state index in [9.17, 15) is 0 Å². The van der Waals surface area contributed by atoms with Crippen molar-refractivity contribution in [3.8, 4) is 0 Å². The summed E-state index contributed by atoms with van der Waals surface area (Å²) in [6.07, 6.45) is 0.920. The fourth-order valence-corrected chi connectivity index (χ4v) is 1.27. The maximum atomic E-state index is 5.92. The summed E-state index contributed by atoms with van der Waals surface area (Å²) in [6, 6.07) is 7.78. The molecular formula is C9H12ClN. The van der Waals surface area contributed by atoms with Crippen LogP contribution in [0.15, 0.2) is 24.3 Å². The van der Waals surface area contributed by atoms with Gasteiger partial charge < -0.3 is 5.73 Å². The van der Waals surface area contributed by atoms with Crippen LogP contribution in [0.25, 0.3) is 0 Å². The molecule has 0 radical (unpaired) electrons. The molecule has 0 bridgehead atoms. The van der Waals surface area contributed by atoms with E-state index in [4.69, 9.17) is 17.3 Å². The van der Waals surface area contributed by atoms with E-state index in [1.165, 1.54) is 0 Å². The molecule has 0 aromatic heterocycles. The normalized spacial score (nSPS) is 13.0. The molecule has 1 rings (SSSR count). The minimum absolute atomic E-state index is 0.0729. The molecule has 2 N–H and O–H groups in total. The first kappa shape index (κ1) is 8.57. The standard InChI is InChI=1S/C9H12ClN/c1-2-9(11)7-5-3-4-6-8(7)10/h3-6,9H,2,11H2,1H3. The van der Waals surface area contributed by atoms with Gasteiger partial charge in [-0.15, -0.1) is 0 Å². The average molecular weight is 170 g/mol. The highest BCUT2D eigenvalue weighted by atomic mass is 35.5. The molecule has 0 fully saturated rings. The molecule has 1 nitrogen and oxygen atoms in total. The zero-order valence-corrected chi connectivity index (χ0v) is 7.31. The summed E-state index contributed by atoms with van der Waals surface area (Å²) in [6.45, 7) is 2.05. The van der Waals surface area contributed by atoms with Gasteiger partial charge in [0.1, 0.15) is 0 Å². The van der Waals surface area contributed by atoms with E-state index >= 15 is 0 Å². The lowest BCUT2D eigenvalue weighted by molar-refractivity contribution is 0.699.